The molecule has 0 spiro atoms. The minimum Gasteiger partial charge on any atom is -0.464 e. The average molecular weight is 281 g/mol. The molecule has 0 aliphatic carbocycles. The summed E-state index contributed by atoms with van der Waals surface area (Å²) in [5, 5.41) is 0. The molecule has 0 amide bonds. The van der Waals surface area contributed by atoms with Gasteiger partial charge in [-0.25, -0.2) is 4.79 Å². The number of carbonyl (C=O) groups is 1. The maximum Gasteiger partial charge on any atom is 0.333 e. The lowest BCUT2D eigenvalue weighted by atomic mass is 9.92. The minimum atomic E-state index is -1.27. The predicted octanol–water partition coefficient (Wildman–Crippen LogP) is 1.46. The van der Waals surface area contributed by atoms with E-state index in [4.69, 9.17) is 19.9 Å². The van der Waals surface area contributed by atoms with Crippen molar-refractivity contribution in [2.75, 3.05) is 33.5 Å². The quantitative estimate of drug-likeness (QED) is 0.548. The number of benzene rings is 1. The smallest absolute Gasteiger partial charge is 0.333 e. The highest BCUT2D eigenvalue weighted by Gasteiger charge is 2.38. The summed E-state index contributed by atoms with van der Waals surface area (Å²) in [7, 11) is 1.63. The molecule has 112 valence electrons. The van der Waals surface area contributed by atoms with Crippen molar-refractivity contribution >= 4 is 5.97 Å². The topological polar surface area (TPSA) is 70.8 Å². The molecule has 5 heteroatoms. The summed E-state index contributed by atoms with van der Waals surface area (Å²) >= 11 is 0. The normalized spacial score (nSPS) is 13.8. The molecule has 0 aliphatic rings. The number of ether oxygens (including phenoxy) is 3. The van der Waals surface area contributed by atoms with Gasteiger partial charge in [-0.15, -0.1) is 0 Å². The van der Waals surface area contributed by atoms with Crippen LogP contribution in [0.3, 0.4) is 0 Å². The summed E-state index contributed by atoms with van der Waals surface area (Å²) in [6, 6.07) is 9.14. The van der Waals surface area contributed by atoms with Crippen LogP contribution in [-0.4, -0.2) is 39.5 Å². The van der Waals surface area contributed by atoms with E-state index in [-0.39, 0.29) is 13.2 Å². The fourth-order valence-corrected chi connectivity index (χ4v) is 1.79. The van der Waals surface area contributed by atoms with E-state index in [1.54, 1.807) is 26.2 Å². The van der Waals surface area contributed by atoms with E-state index >= 15 is 0 Å². The Bertz CT molecular complexity index is 396. The molecule has 0 heterocycles. The highest BCUT2D eigenvalue weighted by Crippen LogP contribution is 2.20. The Balaban J connectivity index is 2.72. The first-order chi connectivity index (χ1) is 9.65. The number of methoxy groups -OCH3 is 1. The van der Waals surface area contributed by atoms with Crippen LogP contribution in [0.4, 0.5) is 0 Å². The fourth-order valence-electron chi connectivity index (χ4n) is 1.79. The molecule has 1 unspecified atom stereocenters. The van der Waals surface area contributed by atoms with Crippen LogP contribution >= 0.6 is 0 Å². The number of hydrogen-bond donors (Lipinski definition) is 1. The summed E-state index contributed by atoms with van der Waals surface area (Å²) in [6.45, 7) is 3.22. The van der Waals surface area contributed by atoms with E-state index in [0.29, 0.717) is 18.8 Å². The lowest BCUT2D eigenvalue weighted by Crippen LogP contribution is -2.50. The van der Waals surface area contributed by atoms with Gasteiger partial charge in [0.25, 0.3) is 0 Å². The van der Waals surface area contributed by atoms with Crippen LogP contribution in [0.2, 0.25) is 0 Å². The van der Waals surface area contributed by atoms with Gasteiger partial charge in [0.15, 0.2) is 5.54 Å². The molecule has 0 saturated carbocycles. The van der Waals surface area contributed by atoms with Crippen LogP contribution in [0, 0.1) is 0 Å². The number of rotatable bonds is 9. The summed E-state index contributed by atoms with van der Waals surface area (Å²) in [5.41, 5.74) is 5.64. The second-order valence-corrected chi connectivity index (χ2v) is 4.46. The summed E-state index contributed by atoms with van der Waals surface area (Å²) in [6.07, 6.45) is 0.754. The van der Waals surface area contributed by atoms with Gasteiger partial charge in [0.05, 0.1) is 13.2 Å². The Morgan fingerprint density at radius 1 is 1.25 bits per heavy atom. The average Bonchev–Trinajstić information content (AvgIpc) is 2.48. The number of carbonyl (C=O) groups excluding carboxylic acids is 1. The predicted molar refractivity (Wildman–Crippen MR) is 76.3 cm³/mol. The van der Waals surface area contributed by atoms with Gasteiger partial charge in [0.2, 0.25) is 0 Å². The van der Waals surface area contributed by atoms with Crippen LogP contribution in [-0.2, 0) is 24.5 Å². The van der Waals surface area contributed by atoms with E-state index in [2.05, 4.69) is 0 Å². The molecule has 0 aromatic heterocycles. The van der Waals surface area contributed by atoms with Crippen molar-refractivity contribution in [1.29, 1.82) is 0 Å². The molecule has 0 saturated heterocycles. The highest BCUT2D eigenvalue weighted by atomic mass is 16.5. The van der Waals surface area contributed by atoms with Crippen molar-refractivity contribution in [2.45, 2.75) is 18.9 Å². The Morgan fingerprint density at radius 3 is 2.55 bits per heavy atom. The maximum absolute atomic E-state index is 12.1. The van der Waals surface area contributed by atoms with E-state index in [9.17, 15) is 4.79 Å². The molecule has 0 radical (unpaired) electrons. The van der Waals surface area contributed by atoms with Gasteiger partial charge in [-0.05, 0) is 18.9 Å². The van der Waals surface area contributed by atoms with Crippen molar-refractivity contribution < 1.29 is 19.0 Å². The zero-order valence-electron chi connectivity index (χ0n) is 12.1. The van der Waals surface area contributed by atoms with Crippen LogP contribution < -0.4 is 5.73 Å². The van der Waals surface area contributed by atoms with E-state index in [1.807, 2.05) is 18.2 Å². The van der Waals surface area contributed by atoms with Crippen molar-refractivity contribution in [2.24, 2.45) is 5.73 Å². The number of nitrogens with two attached hydrogens (primary N) is 1. The zero-order chi connectivity index (χ0) is 14.8. The van der Waals surface area contributed by atoms with Gasteiger partial charge >= 0.3 is 5.97 Å². The molecule has 1 atom stereocenters. The van der Waals surface area contributed by atoms with Gasteiger partial charge in [0, 0.05) is 20.3 Å². The van der Waals surface area contributed by atoms with Gasteiger partial charge in [-0.3, -0.25) is 0 Å². The Labute approximate surface area is 120 Å². The molecular formula is C15H23NO4. The van der Waals surface area contributed by atoms with Crippen LogP contribution in [0.15, 0.2) is 30.3 Å². The standard InChI is InChI=1S/C15H23NO4/c1-3-20-14(17)15(16,12-19-11-7-10-18-2)13-8-5-4-6-9-13/h4-6,8-9H,3,7,10-12,16H2,1-2H3. The van der Waals surface area contributed by atoms with Crippen molar-refractivity contribution in [3.8, 4) is 0 Å². The maximum atomic E-state index is 12.1. The van der Waals surface area contributed by atoms with Crippen LogP contribution in [0.25, 0.3) is 0 Å². The summed E-state index contributed by atoms with van der Waals surface area (Å²) in [5.74, 6) is -0.474. The molecule has 1 aromatic carbocycles. The lowest BCUT2D eigenvalue weighted by Gasteiger charge is -2.27. The Morgan fingerprint density at radius 2 is 1.95 bits per heavy atom. The molecule has 5 nitrogen and oxygen atoms in total. The van der Waals surface area contributed by atoms with Gasteiger partial charge < -0.3 is 19.9 Å². The first-order valence-electron chi connectivity index (χ1n) is 6.73. The van der Waals surface area contributed by atoms with E-state index in [1.165, 1.54) is 0 Å². The zero-order valence-corrected chi connectivity index (χ0v) is 12.1. The second kappa shape index (κ2) is 8.68. The lowest BCUT2D eigenvalue weighted by molar-refractivity contribution is -0.152. The number of esters is 1. The fraction of sp³-hybridized carbons (Fsp3) is 0.533. The molecule has 0 aliphatic heterocycles. The second-order valence-electron chi connectivity index (χ2n) is 4.46. The third kappa shape index (κ3) is 4.59. The summed E-state index contributed by atoms with van der Waals surface area (Å²) < 4.78 is 15.5. The van der Waals surface area contributed by atoms with E-state index in [0.717, 1.165) is 6.42 Å². The molecule has 20 heavy (non-hydrogen) atoms. The third-order valence-corrected chi connectivity index (χ3v) is 2.90. The molecule has 1 rings (SSSR count). The van der Waals surface area contributed by atoms with Gasteiger partial charge in [-0.2, -0.15) is 0 Å². The number of hydrogen-bond acceptors (Lipinski definition) is 5. The molecule has 0 bridgehead atoms. The largest absolute Gasteiger partial charge is 0.464 e. The van der Waals surface area contributed by atoms with Crippen LogP contribution in [0.1, 0.15) is 18.9 Å². The minimum absolute atomic E-state index is 0.0829. The Kier molecular flexibility index (Phi) is 7.22. The Hall–Kier alpha value is -1.43. The summed E-state index contributed by atoms with van der Waals surface area (Å²) in [4.78, 5) is 12.1. The molecule has 2 N–H and O–H groups in total. The van der Waals surface area contributed by atoms with Crippen LogP contribution in [0.5, 0.6) is 0 Å². The van der Waals surface area contributed by atoms with E-state index < -0.39 is 11.5 Å². The molecular weight excluding hydrogens is 258 g/mol. The van der Waals surface area contributed by atoms with Crippen molar-refractivity contribution in [3.05, 3.63) is 35.9 Å². The first kappa shape index (κ1) is 16.6. The monoisotopic (exact) mass is 281 g/mol. The molecule has 0 fully saturated rings. The van der Waals surface area contributed by atoms with Gasteiger partial charge in [-0.1, -0.05) is 30.3 Å². The first-order valence-corrected chi connectivity index (χ1v) is 6.73. The SMILES string of the molecule is CCOC(=O)C(N)(COCCCOC)c1ccccc1. The highest BCUT2D eigenvalue weighted by molar-refractivity contribution is 5.82. The van der Waals surface area contributed by atoms with Gasteiger partial charge in [0.1, 0.15) is 0 Å². The van der Waals surface area contributed by atoms with Crippen molar-refractivity contribution in [3.63, 3.8) is 0 Å². The van der Waals surface area contributed by atoms with Crippen molar-refractivity contribution in [1.82, 2.24) is 0 Å². The molecule has 1 aromatic rings. The third-order valence-electron chi connectivity index (χ3n) is 2.90.